The Morgan fingerprint density at radius 3 is 1.57 bits per heavy atom. The molecule has 0 N–H and O–H groups in total. The van der Waals surface area contributed by atoms with Gasteiger partial charge in [0.15, 0.2) is 29.1 Å². The van der Waals surface area contributed by atoms with Crippen molar-refractivity contribution in [3.8, 4) is 68.1 Å². The average Bonchev–Trinajstić information content (AvgIpc) is 3.67. The number of hydrogen-bond donors (Lipinski definition) is 0. The van der Waals surface area contributed by atoms with Crippen molar-refractivity contribution in [2.24, 2.45) is 11.8 Å². The lowest BCUT2D eigenvalue weighted by Crippen LogP contribution is -2.23. The molecule has 9 aromatic rings. The van der Waals surface area contributed by atoms with Gasteiger partial charge in [-0.3, -0.25) is 0 Å². The third kappa shape index (κ3) is 5.80. The van der Waals surface area contributed by atoms with Crippen LogP contribution in [-0.4, -0.2) is 34.5 Å². The topological polar surface area (TPSA) is 82.3 Å². The predicted molar refractivity (Wildman–Crippen MR) is 245 cm³/mol. The molecular formula is C54H39N7. The molecule has 0 fully saturated rings. The van der Waals surface area contributed by atoms with E-state index in [1.807, 2.05) is 78.9 Å². The SMILES string of the molecule is CC1C=CC2C3=C1C(C)C=C(C3)n1c3c(-c4cccc(-c5nc(-c6ccccc6)nc(-c6ccccc6)n5)c4)cccc3c3cccc(c31)-c1nc(-c3ccccc3)nc2n1. The van der Waals surface area contributed by atoms with Crippen LogP contribution < -0.4 is 0 Å². The summed E-state index contributed by atoms with van der Waals surface area (Å²) in [6.07, 6.45) is 7.96. The Balaban J connectivity index is 1.11. The Bertz CT molecular complexity index is 3250. The van der Waals surface area contributed by atoms with Crippen LogP contribution >= 0.6 is 0 Å². The van der Waals surface area contributed by atoms with E-state index in [1.165, 1.54) is 22.2 Å². The summed E-state index contributed by atoms with van der Waals surface area (Å²) in [6.45, 7) is 4.67. The minimum absolute atomic E-state index is 0.0535. The maximum absolute atomic E-state index is 5.36. The van der Waals surface area contributed by atoms with Gasteiger partial charge in [-0.15, -0.1) is 0 Å². The molecule has 3 aromatic heterocycles. The van der Waals surface area contributed by atoms with Gasteiger partial charge in [-0.05, 0) is 35.1 Å². The predicted octanol–water partition coefficient (Wildman–Crippen LogP) is 12.6. The maximum Gasteiger partial charge on any atom is 0.165 e. The molecule has 7 nitrogen and oxygen atoms in total. The monoisotopic (exact) mass is 785 g/mol. The van der Waals surface area contributed by atoms with E-state index in [9.17, 15) is 0 Å². The van der Waals surface area contributed by atoms with E-state index < -0.39 is 0 Å². The van der Waals surface area contributed by atoms with Gasteiger partial charge in [0.05, 0.1) is 17.0 Å². The molecule has 12 rings (SSSR count). The van der Waals surface area contributed by atoms with Crippen LogP contribution in [0.25, 0.3) is 95.6 Å². The summed E-state index contributed by atoms with van der Waals surface area (Å²) in [6, 6.07) is 52.5. The first-order valence-electron chi connectivity index (χ1n) is 21.0. The second-order valence-corrected chi connectivity index (χ2v) is 16.3. The van der Waals surface area contributed by atoms with Crippen molar-refractivity contribution in [2.45, 2.75) is 26.2 Å². The Kier molecular flexibility index (Phi) is 8.10. The summed E-state index contributed by atoms with van der Waals surface area (Å²) in [4.78, 5) is 30.9. The van der Waals surface area contributed by atoms with E-state index >= 15 is 0 Å². The van der Waals surface area contributed by atoms with E-state index in [0.717, 1.165) is 67.6 Å². The van der Waals surface area contributed by atoms with Crippen molar-refractivity contribution < 1.29 is 0 Å². The summed E-state index contributed by atoms with van der Waals surface area (Å²) in [5, 5.41) is 2.34. The number of benzene rings is 6. The van der Waals surface area contributed by atoms with Gasteiger partial charge < -0.3 is 4.57 Å². The van der Waals surface area contributed by atoms with Crippen molar-refractivity contribution in [3.63, 3.8) is 0 Å². The summed E-state index contributed by atoms with van der Waals surface area (Å²) >= 11 is 0. The van der Waals surface area contributed by atoms with Gasteiger partial charge in [-0.2, -0.15) is 0 Å². The van der Waals surface area contributed by atoms with Crippen LogP contribution in [0, 0.1) is 11.8 Å². The normalized spacial score (nSPS) is 17.7. The number of nitrogens with zero attached hydrogens (tertiary/aromatic N) is 7. The fourth-order valence-corrected chi connectivity index (χ4v) is 9.86. The van der Waals surface area contributed by atoms with Crippen LogP contribution in [0.15, 0.2) is 181 Å². The molecule has 3 unspecified atom stereocenters. The first-order valence-corrected chi connectivity index (χ1v) is 21.0. The number of hydrogen-bond acceptors (Lipinski definition) is 6. The Morgan fingerprint density at radius 2 is 0.934 bits per heavy atom. The number of allylic oxidation sites excluding steroid dienone is 6. The Hall–Kier alpha value is -7.64. The zero-order valence-electron chi connectivity index (χ0n) is 33.7. The molecule has 0 spiro atoms. The van der Waals surface area contributed by atoms with Gasteiger partial charge in [0.25, 0.3) is 0 Å². The molecule has 3 atom stereocenters. The molecule has 0 saturated heterocycles. The van der Waals surface area contributed by atoms with Crippen molar-refractivity contribution in [2.75, 3.05) is 0 Å². The molecule has 0 saturated carbocycles. The van der Waals surface area contributed by atoms with Gasteiger partial charge in [0.1, 0.15) is 5.82 Å². The Labute approximate surface area is 353 Å². The van der Waals surface area contributed by atoms with Gasteiger partial charge >= 0.3 is 0 Å². The minimum Gasteiger partial charge on any atom is -0.312 e. The molecule has 4 bridgehead atoms. The lowest BCUT2D eigenvalue weighted by atomic mass is 9.72. The molecule has 4 heterocycles. The largest absolute Gasteiger partial charge is 0.312 e. The molecule has 290 valence electrons. The molecule has 3 aliphatic rings. The minimum atomic E-state index is -0.0535. The van der Waals surface area contributed by atoms with E-state index in [1.54, 1.807) is 0 Å². The lowest BCUT2D eigenvalue weighted by Gasteiger charge is -2.36. The fraction of sp³-hybridized carbons (Fsp3) is 0.111. The highest BCUT2D eigenvalue weighted by molar-refractivity contribution is 6.17. The Morgan fingerprint density at radius 1 is 0.443 bits per heavy atom. The summed E-state index contributed by atoms with van der Waals surface area (Å²) in [5.74, 6) is 4.58. The van der Waals surface area contributed by atoms with Gasteiger partial charge in [-0.25, -0.2) is 29.9 Å². The number of para-hydroxylation sites is 2. The van der Waals surface area contributed by atoms with Crippen LogP contribution in [0.2, 0.25) is 0 Å². The first-order chi connectivity index (χ1) is 30.1. The quantitative estimate of drug-likeness (QED) is 0.162. The molecule has 0 radical (unpaired) electrons. The van der Waals surface area contributed by atoms with Crippen molar-refractivity contribution in [1.29, 1.82) is 0 Å². The van der Waals surface area contributed by atoms with E-state index in [2.05, 4.69) is 109 Å². The van der Waals surface area contributed by atoms with Gasteiger partial charge in [-0.1, -0.05) is 177 Å². The second-order valence-electron chi connectivity index (χ2n) is 16.3. The highest BCUT2D eigenvalue weighted by Gasteiger charge is 2.35. The smallest absolute Gasteiger partial charge is 0.165 e. The molecular weight excluding hydrogens is 747 g/mol. The zero-order chi connectivity index (χ0) is 40.6. The summed E-state index contributed by atoms with van der Waals surface area (Å²) in [7, 11) is 0. The van der Waals surface area contributed by atoms with Crippen molar-refractivity contribution in [1.82, 2.24) is 34.5 Å². The van der Waals surface area contributed by atoms with Gasteiger partial charge in [0.2, 0.25) is 0 Å². The van der Waals surface area contributed by atoms with E-state index in [-0.39, 0.29) is 11.8 Å². The molecule has 2 aliphatic carbocycles. The van der Waals surface area contributed by atoms with Crippen LogP contribution in [0.5, 0.6) is 0 Å². The summed E-state index contributed by atoms with van der Waals surface area (Å²) < 4.78 is 2.53. The van der Waals surface area contributed by atoms with Crippen LogP contribution in [0.1, 0.15) is 32.0 Å². The fourth-order valence-electron chi connectivity index (χ4n) is 9.86. The highest BCUT2D eigenvalue weighted by atomic mass is 15.1. The molecule has 0 amide bonds. The second kappa shape index (κ2) is 14.0. The van der Waals surface area contributed by atoms with Crippen LogP contribution in [-0.2, 0) is 0 Å². The zero-order valence-corrected chi connectivity index (χ0v) is 33.7. The number of aromatic nitrogens is 7. The molecule has 61 heavy (non-hydrogen) atoms. The highest BCUT2D eigenvalue weighted by Crippen LogP contribution is 2.50. The molecule has 1 aliphatic heterocycles. The van der Waals surface area contributed by atoms with E-state index in [4.69, 9.17) is 29.9 Å². The van der Waals surface area contributed by atoms with Crippen molar-refractivity contribution >= 4 is 27.5 Å². The maximum atomic E-state index is 5.36. The lowest BCUT2D eigenvalue weighted by molar-refractivity contribution is 0.634. The van der Waals surface area contributed by atoms with Crippen LogP contribution in [0.3, 0.4) is 0 Å². The summed E-state index contributed by atoms with van der Waals surface area (Å²) in [5.41, 5.74) is 13.4. The number of rotatable bonds is 5. The molecule has 7 heteroatoms. The van der Waals surface area contributed by atoms with Gasteiger partial charge in [0, 0.05) is 56.3 Å². The number of fused-ring (bicyclic) bond motifs is 9. The third-order valence-corrected chi connectivity index (χ3v) is 12.6. The first kappa shape index (κ1) is 35.3. The average molecular weight is 786 g/mol. The standard InChI is InChI=1S/C54H39N7/c1-32-27-28-43-45-31-39(29-33(2)46(32)45)61-47-40(23-13-24-41(47)42-25-14-26-44(48(42)61)54-59-51(58-53(43)60-54)36-19-10-5-11-20-36)37-21-12-22-38(30-37)52-56-49(34-15-6-3-7-16-34)55-50(57-52)35-17-8-4-9-18-35/h3-30,32-33,43H,31H2,1-2H3. The van der Waals surface area contributed by atoms with Crippen LogP contribution in [0.4, 0.5) is 0 Å². The van der Waals surface area contributed by atoms with E-state index in [0.29, 0.717) is 35.0 Å². The van der Waals surface area contributed by atoms with Crippen molar-refractivity contribution in [3.05, 3.63) is 187 Å². The third-order valence-electron chi connectivity index (χ3n) is 12.6. The molecule has 6 aromatic carbocycles.